The van der Waals surface area contributed by atoms with Gasteiger partial charge in [0, 0.05) is 32.2 Å². The molecule has 2 atom stereocenters. The Morgan fingerprint density at radius 3 is 2.33 bits per heavy atom. The molecule has 0 aromatic carbocycles. The van der Waals surface area contributed by atoms with Gasteiger partial charge in [-0.2, -0.15) is 17.0 Å². The lowest BCUT2D eigenvalue weighted by atomic mass is 9.97. The predicted octanol–water partition coefficient (Wildman–Crippen LogP) is 0.433. The molecule has 4 rings (SSSR count). The van der Waals surface area contributed by atoms with Crippen molar-refractivity contribution in [3.8, 4) is 0 Å². The van der Waals surface area contributed by atoms with Crippen molar-refractivity contribution in [2.75, 3.05) is 32.7 Å². The molecule has 2 bridgehead atoms. The van der Waals surface area contributed by atoms with E-state index in [2.05, 4.69) is 5.32 Å². The number of piperidine rings is 1. The van der Waals surface area contributed by atoms with Crippen LogP contribution in [0.25, 0.3) is 0 Å². The lowest BCUT2D eigenvalue weighted by Gasteiger charge is -2.27. The molecule has 0 amide bonds. The molecule has 4 saturated heterocycles. The molecule has 0 aromatic heterocycles. The van der Waals surface area contributed by atoms with E-state index in [1.807, 2.05) is 0 Å². The second-order valence-corrected chi connectivity index (χ2v) is 7.41. The molecule has 0 saturated carbocycles. The summed E-state index contributed by atoms with van der Waals surface area (Å²) in [5, 5.41) is 3.45. The summed E-state index contributed by atoms with van der Waals surface area (Å²) in [6, 6.07) is 0.367. The maximum Gasteiger partial charge on any atom is 0.282 e. The van der Waals surface area contributed by atoms with Crippen LogP contribution in [0.1, 0.15) is 25.7 Å². The zero-order chi connectivity index (χ0) is 11.9. The third-order valence-corrected chi connectivity index (χ3v) is 6.19. The number of nitrogens with one attached hydrogen (secondary N) is 1. The van der Waals surface area contributed by atoms with Crippen LogP contribution in [0.4, 0.5) is 0 Å². The molecule has 0 unspecified atom stereocenters. The van der Waals surface area contributed by atoms with E-state index in [4.69, 9.17) is 0 Å². The molecule has 0 aromatic rings. The Balaban J connectivity index is 0.00000120. The summed E-state index contributed by atoms with van der Waals surface area (Å²) < 4.78 is 28.4. The van der Waals surface area contributed by atoms with Crippen molar-refractivity contribution in [3.05, 3.63) is 0 Å². The van der Waals surface area contributed by atoms with E-state index >= 15 is 0 Å². The van der Waals surface area contributed by atoms with Gasteiger partial charge in [-0.05, 0) is 38.1 Å². The van der Waals surface area contributed by atoms with Crippen LogP contribution in [0.5, 0.6) is 0 Å². The first kappa shape index (κ1) is 14.5. The number of nitrogens with zero attached hydrogens (tertiary/aromatic N) is 2. The molecule has 18 heavy (non-hydrogen) atoms. The zero-order valence-electron chi connectivity index (χ0n) is 10.5. The fourth-order valence-corrected chi connectivity index (χ4v) is 4.98. The van der Waals surface area contributed by atoms with Gasteiger partial charge in [0.1, 0.15) is 0 Å². The molecular formula is C11H22ClN3O2S. The van der Waals surface area contributed by atoms with Gasteiger partial charge in [-0.1, -0.05) is 0 Å². The summed E-state index contributed by atoms with van der Waals surface area (Å²) in [5.74, 6) is 0.506. The van der Waals surface area contributed by atoms with Crippen molar-refractivity contribution in [2.45, 2.75) is 31.7 Å². The average molecular weight is 296 g/mol. The number of halogens is 1. The highest BCUT2D eigenvalue weighted by Crippen LogP contribution is 2.25. The molecule has 106 valence electrons. The molecule has 7 heteroatoms. The fraction of sp³-hybridized carbons (Fsp3) is 1.00. The van der Waals surface area contributed by atoms with E-state index in [9.17, 15) is 8.42 Å². The van der Waals surface area contributed by atoms with E-state index in [1.54, 1.807) is 8.61 Å². The lowest BCUT2D eigenvalue weighted by Crippen LogP contribution is -2.46. The van der Waals surface area contributed by atoms with Crippen LogP contribution >= 0.6 is 12.4 Å². The molecule has 4 heterocycles. The van der Waals surface area contributed by atoms with Crippen LogP contribution in [0.2, 0.25) is 0 Å². The van der Waals surface area contributed by atoms with E-state index in [0.717, 1.165) is 25.8 Å². The average Bonchev–Trinajstić information content (AvgIpc) is 2.69. The number of hydrogen-bond acceptors (Lipinski definition) is 3. The number of rotatable bonds is 2. The largest absolute Gasteiger partial charge is 0.312 e. The van der Waals surface area contributed by atoms with Crippen LogP contribution in [0.3, 0.4) is 0 Å². The maximum absolute atomic E-state index is 12.5. The van der Waals surface area contributed by atoms with Crippen molar-refractivity contribution >= 4 is 22.6 Å². The normalized spacial score (nSPS) is 34.2. The second kappa shape index (κ2) is 5.63. The lowest BCUT2D eigenvalue weighted by molar-refractivity contribution is 0.345. The Labute approximate surface area is 115 Å². The van der Waals surface area contributed by atoms with Crippen LogP contribution in [0.15, 0.2) is 0 Å². The minimum Gasteiger partial charge on any atom is -0.312 e. The van der Waals surface area contributed by atoms with Gasteiger partial charge in [0.25, 0.3) is 10.2 Å². The number of fused-ring (bicyclic) bond motifs is 4. The first-order valence-corrected chi connectivity index (χ1v) is 8.04. The van der Waals surface area contributed by atoms with Gasteiger partial charge in [0.2, 0.25) is 0 Å². The van der Waals surface area contributed by atoms with E-state index in [0.29, 0.717) is 38.1 Å². The van der Waals surface area contributed by atoms with Crippen LogP contribution < -0.4 is 5.32 Å². The van der Waals surface area contributed by atoms with E-state index in [1.165, 1.54) is 6.42 Å². The minimum atomic E-state index is -3.18. The Kier molecular flexibility index (Phi) is 4.54. The Bertz CT molecular complexity index is 362. The molecule has 4 aliphatic rings. The molecule has 4 fully saturated rings. The fourth-order valence-electron chi connectivity index (χ4n) is 3.16. The SMILES string of the molecule is Cl.O=S(=O)(N1CCCC1)N1C[C@H]2CC[C@@H](C1)NC2. The van der Waals surface area contributed by atoms with Gasteiger partial charge in [-0.15, -0.1) is 12.4 Å². The molecular weight excluding hydrogens is 274 g/mol. The highest BCUT2D eigenvalue weighted by atomic mass is 35.5. The zero-order valence-corrected chi connectivity index (χ0v) is 12.2. The minimum absolute atomic E-state index is 0. The molecule has 0 radical (unpaired) electrons. The molecule has 0 spiro atoms. The molecule has 0 aliphatic carbocycles. The third kappa shape index (κ3) is 2.67. The van der Waals surface area contributed by atoms with Gasteiger partial charge in [-0.3, -0.25) is 0 Å². The smallest absolute Gasteiger partial charge is 0.282 e. The molecule has 4 aliphatic heterocycles. The van der Waals surface area contributed by atoms with Crippen LogP contribution in [-0.4, -0.2) is 55.8 Å². The topological polar surface area (TPSA) is 52.7 Å². The van der Waals surface area contributed by atoms with Crippen molar-refractivity contribution in [3.63, 3.8) is 0 Å². The predicted molar refractivity (Wildman–Crippen MR) is 73.1 cm³/mol. The summed E-state index contributed by atoms with van der Waals surface area (Å²) in [4.78, 5) is 0. The van der Waals surface area contributed by atoms with Crippen LogP contribution in [0, 0.1) is 5.92 Å². The molecule has 5 nitrogen and oxygen atoms in total. The van der Waals surface area contributed by atoms with Crippen LogP contribution in [-0.2, 0) is 10.2 Å². The van der Waals surface area contributed by atoms with Crippen molar-refractivity contribution < 1.29 is 8.42 Å². The standard InChI is InChI=1S/C11H21N3O2S.ClH/c15-17(16,13-5-1-2-6-13)14-8-10-3-4-11(9-14)12-7-10;/h10-12H,1-9H2;1H/t10-,11-;/m0./s1. The first-order chi connectivity index (χ1) is 8.16. The van der Waals surface area contributed by atoms with Gasteiger partial charge < -0.3 is 5.32 Å². The van der Waals surface area contributed by atoms with Gasteiger partial charge in [0.15, 0.2) is 0 Å². The summed E-state index contributed by atoms with van der Waals surface area (Å²) in [7, 11) is -3.18. The Morgan fingerprint density at radius 2 is 1.72 bits per heavy atom. The Hall–Kier alpha value is 0.120. The monoisotopic (exact) mass is 295 g/mol. The summed E-state index contributed by atoms with van der Waals surface area (Å²) in [5.41, 5.74) is 0. The van der Waals surface area contributed by atoms with Gasteiger partial charge >= 0.3 is 0 Å². The molecule has 1 N–H and O–H groups in total. The van der Waals surface area contributed by atoms with Crippen molar-refractivity contribution in [2.24, 2.45) is 5.92 Å². The van der Waals surface area contributed by atoms with Crippen molar-refractivity contribution in [1.29, 1.82) is 0 Å². The number of hydrogen-bond donors (Lipinski definition) is 1. The van der Waals surface area contributed by atoms with E-state index < -0.39 is 10.2 Å². The second-order valence-electron chi connectivity index (χ2n) is 5.48. The highest BCUT2D eigenvalue weighted by Gasteiger charge is 2.38. The van der Waals surface area contributed by atoms with Gasteiger partial charge in [-0.25, -0.2) is 0 Å². The Morgan fingerprint density at radius 1 is 1.00 bits per heavy atom. The van der Waals surface area contributed by atoms with Crippen molar-refractivity contribution in [1.82, 2.24) is 13.9 Å². The third-order valence-electron chi connectivity index (χ3n) is 4.22. The summed E-state index contributed by atoms with van der Waals surface area (Å²) in [6.45, 7) is 3.78. The maximum atomic E-state index is 12.5. The van der Waals surface area contributed by atoms with E-state index in [-0.39, 0.29) is 12.4 Å². The highest BCUT2D eigenvalue weighted by molar-refractivity contribution is 7.86. The summed E-state index contributed by atoms with van der Waals surface area (Å²) >= 11 is 0. The quantitative estimate of drug-likeness (QED) is 0.804. The summed E-state index contributed by atoms with van der Waals surface area (Å²) in [6.07, 6.45) is 4.32. The first-order valence-electron chi connectivity index (χ1n) is 6.65. The van der Waals surface area contributed by atoms with Gasteiger partial charge in [0.05, 0.1) is 0 Å².